The minimum atomic E-state index is -3.02. The van der Waals surface area contributed by atoms with Crippen molar-refractivity contribution in [3.63, 3.8) is 0 Å². The standard InChI is InChI=1S/C7H10O2S2/c1-6(2)11(8,9)7-3-4-10-5-7/h3-6H,1-2H3. The zero-order valence-corrected chi connectivity index (χ0v) is 8.08. The highest BCUT2D eigenvalue weighted by atomic mass is 32.2. The van der Waals surface area contributed by atoms with Gasteiger partial charge in [0.05, 0.1) is 10.1 Å². The SMILES string of the molecule is CC(C)S(=O)(=O)c1ccsc1. The predicted octanol–water partition coefficient (Wildman–Crippen LogP) is 1.93. The second-order valence-corrected chi connectivity index (χ2v) is 5.84. The molecule has 62 valence electrons. The van der Waals surface area contributed by atoms with E-state index >= 15 is 0 Å². The maximum Gasteiger partial charge on any atom is 0.181 e. The van der Waals surface area contributed by atoms with Crippen molar-refractivity contribution in [2.75, 3.05) is 0 Å². The Balaban J connectivity index is 3.12. The van der Waals surface area contributed by atoms with Gasteiger partial charge >= 0.3 is 0 Å². The molecule has 4 heteroatoms. The van der Waals surface area contributed by atoms with Crippen LogP contribution >= 0.6 is 11.3 Å². The second-order valence-electron chi connectivity index (χ2n) is 2.55. The first kappa shape index (κ1) is 8.74. The summed E-state index contributed by atoms with van der Waals surface area (Å²) in [4.78, 5) is 0.442. The fraction of sp³-hybridized carbons (Fsp3) is 0.429. The smallest absolute Gasteiger partial charge is 0.181 e. The van der Waals surface area contributed by atoms with Crippen LogP contribution in [0.3, 0.4) is 0 Å². The predicted molar refractivity (Wildman–Crippen MR) is 46.6 cm³/mol. The van der Waals surface area contributed by atoms with E-state index in [0.717, 1.165) is 0 Å². The average Bonchev–Trinajstić information content (AvgIpc) is 2.37. The topological polar surface area (TPSA) is 34.1 Å². The molecule has 0 spiro atoms. The zero-order valence-electron chi connectivity index (χ0n) is 6.44. The van der Waals surface area contributed by atoms with Gasteiger partial charge in [-0.25, -0.2) is 8.42 Å². The Kier molecular flexibility index (Phi) is 2.34. The van der Waals surface area contributed by atoms with Gasteiger partial charge in [0.25, 0.3) is 0 Å². The molecule has 0 saturated carbocycles. The molecule has 0 aromatic carbocycles. The molecule has 0 aliphatic carbocycles. The van der Waals surface area contributed by atoms with Gasteiger partial charge in [-0.05, 0) is 25.3 Å². The molecule has 0 unspecified atom stereocenters. The van der Waals surface area contributed by atoms with Gasteiger partial charge in [0.2, 0.25) is 0 Å². The van der Waals surface area contributed by atoms with E-state index in [4.69, 9.17) is 0 Å². The van der Waals surface area contributed by atoms with Gasteiger partial charge in [-0.1, -0.05) is 0 Å². The molecule has 0 N–H and O–H groups in total. The Hall–Kier alpha value is -0.350. The summed E-state index contributed by atoms with van der Waals surface area (Å²) < 4.78 is 22.8. The highest BCUT2D eigenvalue weighted by Gasteiger charge is 2.18. The molecule has 0 radical (unpaired) electrons. The van der Waals surface area contributed by atoms with Gasteiger partial charge in [0, 0.05) is 5.38 Å². The summed E-state index contributed by atoms with van der Waals surface area (Å²) in [5.41, 5.74) is 0. The number of hydrogen-bond donors (Lipinski definition) is 0. The lowest BCUT2D eigenvalue weighted by Crippen LogP contribution is -2.12. The number of thiophene rings is 1. The van der Waals surface area contributed by atoms with Crippen molar-refractivity contribution < 1.29 is 8.42 Å². The van der Waals surface area contributed by atoms with Crippen molar-refractivity contribution in [1.82, 2.24) is 0 Å². The molecule has 0 atom stereocenters. The van der Waals surface area contributed by atoms with E-state index in [-0.39, 0.29) is 5.25 Å². The third-order valence-corrected chi connectivity index (χ3v) is 4.43. The summed E-state index contributed by atoms with van der Waals surface area (Å²) in [5.74, 6) is 0. The van der Waals surface area contributed by atoms with Gasteiger partial charge in [-0.2, -0.15) is 11.3 Å². The van der Waals surface area contributed by atoms with Crippen LogP contribution in [0.2, 0.25) is 0 Å². The summed E-state index contributed by atoms with van der Waals surface area (Å²) in [6.45, 7) is 3.38. The Bertz CT molecular complexity index is 308. The first-order valence-electron chi connectivity index (χ1n) is 3.31. The number of rotatable bonds is 2. The van der Waals surface area contributed by atoms with Gasteiger partial charge in [0.15, 0.2) is 9.84 Å². The highest BCUT2D eigenvalue weighted by Crippen LogP contribution is 2.17. The third-order valence-electron chi connectivity index (χ3n) is 1.44. The van der Waals surface area contributed by atoms with E-state index in [9.17, 15) is 8.42 Å². The molecule has 1 aromatic rings. The lowest BCUT2D eigenvalue weighted by atomic mass is 10.6. The molecule has 11 heavy (non-hydrogen) atoms. The summed E-state index contributed by atoms with van der Waals surface area (Å²) in [5, 5.41) is 3.11. The van der Waals surface area contributed by atoms with Crippen LogP contribution in [-0.2, 0) is 9.84 Å². The molecule has 0 fully saturated rings. The summed E-state index contributed by atoms with van der Waals surface area (Å²) >= 11 is 1.40. The quantitative estimate of drug-likeness (QED) is 0.714. The molecular formula is C7H10O2S2. The summed E-state index contributed by atoms with van der Waals surface area (Å²) in [7, 11) is -3.02. The van der Waals surface area contributed by atoms with Gasteiger partial charge in [0.1, 0.15) is 0 Å². The first-order valence-corrected chi connectivity index (χ1v) is 5.80. The molecule has 0 aliphatic heterocycles. The highest BCUT2D eigenvalue weighted by molar-refractivity contribution is 7.92. The fourth-order valence-electron chi connectivity index (χ4n) is 0.686. The largest absolute Gasteiger partial charge is 0.223 e. The molecule has 1 heterocycles. The van der Waals surface area contributed by atoms with Crippen molar-refractivity contribution in [2.24, 2.45) is 0 Å². The molecule has 0 bridgehead atoms. The molecule has 1 aromatic heterocycles. The maximum absolute atomic E-state index is 11.4. The van der Waals surface area contributed by atoms with E-state index in [2.05, 4.69) is 0 Å². The Morgan fingerprint density at radius 1 is 1.45 bits per heavy atom. The van der Waals surface area contributed by atoms with Crippen molar-refractivity contribution in [1.29, 1.82) is 0 Å². The van der Waals surface area contributed by atoms with E-state index in [1.807, 2.05) is 0 Å². The maximum atomic E-state index is 11.4. The Morgan fingerprint density at radius 3 is 2.45 bits per heavy atom. The molecule has 1 rings (SSSR count). The Labute approximate surface area is 70.8 Å². The molecular weight excluding hydrogens is 180 g/mol. The Morgan fingerprint density at radius 2 is 2.09 bits per heavy atom. The van der Waals surface area contributed by atoms with E-state index in [0.29, 0.717) is 4.90 Å². The third kappa shape index (κ3) is 1.62. The van der Waals surface area contributed by atoms with Gasteiger partial charge in [-0.3, -0.25) is 0 Å². The minimum Gasteiger partial charge on any atom is -0.223 e. The monoisotopic (exact) mass is 190 g/mol. The molecule has 0 amide bonds. The van der Waals surface area contributed by atoms with Crippen molar-refractivity contribution in [2.45, 2.75) is 24.0 Å². The van der Waals surface area contributed by atoms with Crippen molar-refractivity contribution in [3.05, 3.63) is 16.8 Å². The van der Waals surface area contributed by atoms with E-state index in [1.54, 1.807) is 30.7 Å². The second kappa shape index (κ2) is 2.95. The van der Waals surface area contributed by atoms with Crippen LogP contribution in [-0.4, -0.2) is 13.7 Å². The fourth-order valence-corrected chi connectivity index (χ4v) is 2.79. The van der Waals surface area contributed by atoms with Gasteiger partial charge in [-0.15, -0.1) is 0 Å². The van der Waals surface area contributed by atoms with Crippen LogP contribution < -0.4 is 0 Å². The van der Waals surface area contributed by atoms with Crippen LogP contribution in [0.15, 0.2) is 21.7 Å². The van der Waals surface area contributed by atoms with Gasteiger partial charge < -0.3 is 0 Å². The number of sulfone groups is 1. The average molecular weight is 190 g/mol. The van der Waals surface area contributed by atoms with Crippen LogP contribution in [0.1, 0.15) is 13.8 Å². The first-order chi connectivity index (χ1) is 5.05. The van der Waals surface area contributed by atoms with Crippen LogP contribution in [0.5, 0.6) is 0 Å². The minimum absolute atomic E-state index is 0.322. The van der Waals surface area contributed by atoms with Crippen molar-refractivity contribution >= 4 is 21.2 Å². The van der Waals surface area contributed by atoms with Crippen molar-refractivity contribution in [3.8, 4) is 0 Å². The van der Waals surface area contributed by atoms with Crippen LogP contribution in [0.25, 0.3) is 0 Å². The van der Waals surface area contributed by atoms with E-state index in [1.165, 1.54) is 11.3 Å². The lowest BCUT2D eigenvalue weighted by Gasteiger charge is -2.03. The number of hydrogen-bond acceptors (Lipinski definition) is 3. The summed E-state index contributed by atoms with van der Waals surface area (Å²) in [6.07, 6.45) is 0. The summed E-state index contributed by atoms with van der Waals surface area (Å²) in [6, 6.07) is 1.64. The van der Waals surface area contributed by atoms with E-state index < -0.39 is 9.84 Å². The molecule has 0 aliphatic rings. The molecule has 2 nitrogen and oxygen atoms in total. The van der Waals surface area contributed by atoms with Crippen LogP contribution in [0, 0.1) is 0 Å². The zero-order chi connectivity index (χ0) is 8.48. The lowest BCUT2D eigenvalue weighted by molar-refractivity contribution is 0.588. The molecule has 0 saturated heterocycles. The van der Waals surface area contributed by atoms with Crippen LogP contribution in [0.4, 0.5) is 0 Å². The normalized spacial score (nSPS) is 12.3.